The number of rotatable bonds is 3. The highest BCUT2D eigenvalue weighted by Gasteiger charge is 2.28. The summed E-state index contributed by atoms with van der Waals surface area (Å²) in [5.74, 6) is -1.19. The normalized spacial score (nSPS) is 19.2. The maximum atomic E-state index is 12.6. The van der Waals surface area contributed by atoms with Crippen molar-refractivity contribution in [2.45, 2.75) is 44.2 Å². The smallest absolute Gasteiger partial charge is 0.341 e. The third-order valence-electron chi connectivity index (χ3n) is 5.44. The van der Waals surface area contributed by atoms with Crippen molar-refractivity contribution in [1.29, 1.82) is 0 Å². The van der Waals surface area contributed by atoms with Gasteiger partial charge >= 0.3 is 5.97 Å². The fourth-order valence-electron chi connectivity index (χ4n) is 3.87. The summed E-state index contributed by atoms with van der Waals surface area (Å²) >= 11 is 1.68. The van der Waals surface area contributed by atoms with Crippen LogP contribution in [0, 0.1) is 0 Å². The molecule has 0 aromatic carbocycles. The van der Waals surface area contributed by atoms with Gasteiger partial charge in [0.15, 0.2) is 0 Å². The summed E-state index contributed by atoms with van der Waals surface area (Å²) in [7, 11) is 0. The van der Waals surface area contributed by atoms with Crippen LogP contribution in [0.5, 0.6) is 0 Å². The van der Waals surface area contributed by atoms with Crippen molar-refractivity contribution in [1.82, 2.24) is 9.55 Å². The van der Waals surface area contributed by atoms with Gasteiger partial charge < -0.3 is 15.4 Å². The molecule has 6 nitrogen and oxygen atoms in total. The van der Waals surface area contributed by atoms with E-state index in [1.54, 1.807) is 17.4 Å². The van der Waals surface area contributed by atoms with E-state index in [1.165, 1.54) is 16.6 Å². The summed E-state index contributed by atoms with van der Waals surface area (Å²) in [6.45, 7) is 0. The molecule has 0 spiro atoms. The number of aromatic carboxylic acids is 1. The average Bonchev–Trinajstić information content (AvgIpc) is 3.39. The molecule has 0 aliphatic heterocycles. The van der Waals surface area contributed by atoms with Crippen LogP contribution in [0.25, 0.3) is 21.6 Å². The van der Waals surface area contributed by atoms with Gasteiger partial charge in [-0.15, -0.1) is 11.3 Å². The lowest BCUT2D eigenvalue weighted by atomic mass is 9.95. The number of thiophene rings is 1. The molecule has 0 saturated heterocycles. The second-order valence-corrected chi connectivity index (χ2v) is 8.47. The minimum atomic E-state index is -1.19. The maximum absolute atomic E-state index is 12.6. The van der Waals surface area contributed by atoms with Crippen molar-refractivity contribution in [2.75, 3.05) is 0 Å². The third-order valence-corrected chi connectivity index (χ3v) is 6.77. The highest BCUT2D eigenvalue weighted by Crippen LogP contribution is 2.40. The molecule has 27 heavy (non-hydrogen) atoms. The zero-order valence-electron chi connectivity index (χ0n) is 14.6. The Kier molecular flexibility index (Phi) is 3.70. The molecule has 1 unspecified atom stereocenters. The Hall–Kier alpha value is -2.51. The van der Waals surface area contributed by atoms with Gasteiger partial charge in [0.25, 0.3) is 0 Å². The number of nitrogens with two attached hydrogens (primary N) is 1. The van der Waals surface area contributed by atoms with E-state index >= 15 is 0 Å². The quantitative estimate of drug-likeness (QED) is 0.724. The van der Waals surface area contributed by atoms with Gasteiger partial charge in [-0.05, 0) is 55.9 Å². The fourth-order valence-corrected chi connectivity index (χ4v) is 5.09. The molecule has 1 atom stereocenters. The fraction of sp³-hybridized carbons (Fsp3) is 0.350. The number of aromatic nitrogens is 2. The van der Waals surface area contributed by atoms with Crippen molar-refractivity contribution < 1.29 is 9.90 Å². The van der Waals surface area contributed by atoms with Gasteiger partial charge in [-0.1, -0.05) is 0 Å². The number of aryl methyl sites for hydroxylation is 1. The highest BCUT2D eigenvalue weighted by atomic mass is 32.1. The number of carbonyl (C=O) groups is 1. The highest BCUT2D eigenvalue weighted by molar-refractivity contribution is 7.15. The molecule has 3 aromatic rings. The van der Waals surface area contributed by atoms with Crippen LogP contribution in [0.2, 0.25) is 0 Å². The average molecular weight is 381 g/mol. The summed E-state index contributed by atoms with van der Waals surface area (Å²) < 4.78 is 1.86. The molecular weight excluding hydrogens is 362 g/mol. The number of hydrogen-bond acceptors (Lipinski definition) is 5. The molecule has 0 bridgehead atoms. The lowest BCUT2D eigenvalue weighted by Gasteiger charge is -2.17. The third kappa shape index (κ3) is 2.69. The number of pyridine rings is 2. The van der Waals surface area contributed by atoms with Gasteiger partial charge in [-0.25, -0.2) is 9.78 Å². The molecule has 138 valence electrons. The first kappa shape index (κ1) is 16.6. The van der Waals surface area contributed by atoms with Gasteiger partial charge in [0.05, 0.1) is 16.0 Å². The standard InChI is InChI=1S/C20H19N3O3S/c21-14-3-1-2-10-8-16(27-18(10)14)15-7-6-12-17(24)13(20(25)26)9-23(11-4-5-11)19(12)22-15/h6-9,11,14H,1-5,21H2,(H,25,26). The second kappa shape index (κ2) is 6.00. The van der Waals surface area contributed by atoms with E-state index < -0.39 is 11.4 Å². The van der Waals surface area contributed by atoms with Crippen LogP contribution in [-0.4, -0.2) is 20.6 Å². The maximum Gasteiger partial charge on any atom is 0.341 e. The minimum absolute atomic E-state index is 0.0933. The number of fused-ring (bicyclic) bond motifs is 2. The van der Waals surface area contributed by atoms with Gasteiger partial charge in [0.1, 0.15) is 11.2 Å². The monoisotopic (exact) mass is 381 g/mol. The number of carboxylic acids is 1. The first-order valence-corrected chi connectivity index (χ1v) is 10.0. The summed E-state index contributed by atoms with van der Waals surface area (Å²) in [4.78, 5) is 31.1. The number of nitrogens with zero attached hydrogens (tertiary/aromatic N) is 2. The zero-order chi connectivity index (χ0) is 18.7. The van der Waals surface area contributed by atoms with Crippen LogP contribution in [0.3, 0.4) is 0 Å². The minimum Gasteiger partial charge on any atom is -0.477 e. The van der Waals surface area contributed by atoms with Crippen molar-refractivity contribution in [3.05, 3.63) is 50.6 Å². The Morgan fingerprint density at radius 1 is 1.30 bits per heavy atom. The second-order valence-electron chi connectivity index (χ2n) is 7.38. The molecule has 1 saturated carbocycles. The number of carboxylic acid groups (broad SMARTS) is 1. The van der Waals surface area contributed by atoms with Crippen molar-refractivity contribution >= 4 is 28.3 Å². The van der Waals surface area contributed by atoms with Gasteiger partial charge in [-0.2, -0.15) is 0 Å². The summed E-state index contributed by atoms with van der Waals surface area (Å²) in [6, 6.07) is 6.01. The van der Waals surface area contributed by atoms with Crippen LogP contribution in [-0.2, 0) is 6.42 Å². The molecule has 3 N–H and O–H groups in total. The molecule has 5 rings (SSSR count). The molecule has 3 aromatic heterocycles. The largest absolute Gasteiger partial charge is 0.477 e. The lowest BCUT2D eigenvalue weighted by molar-refractivity contribution is 0.0695. The van der Waals surface area contributed by atoms with E-state index in [4.69, 9.17) is 10.7 Å². The Morgan fingerprint density at radius 3 is 2.81 bits per heavy atom. The molecule has 1 fully saturated rings. The van der Waals surface area contributed by atoms with Crippen molar-refractivity contribution in [3.63, 3.8) is 0 Å². The topological polar surface area (TPSA) is 98.2 Å². The van der Waals surface area contributed by atoms with Gasteiger partial charge in [-0.3, -0.25) is 4.79 Å². The Balaban J connectivity index is 1.70. The Morgan fingerprint density at radius 2 is 2.11 bits per heavy atom. The first-order chi connectivity index (χ1) is 13.0. The van der Waals surface area contributed by atoms with Crippen molar-refractivity contribution in [3.8, 4) is 10.6 Å². The Labute approximate surface area is 159 Å². The summed E-state index contributed by atoms with van der Waals surface area (Å²) in [5, 5.41) is 9.72. The molecule has 0 radical (unpaired) electrons. The molecule has 2 aliphatic rings. The summed E-state index contributed by atoms with van der Waals surface area (Å²) in [5.41, 5.74) is 8.27. The first-order valence-electron chi connectivity index (χ1n) is 9.20. The van der Waals surface area contributed by atoms with Crippen LogP contribution >= 0.6 is 11.3 Å². The zero-order valence-corrected chi connectivity index (χ0v) is 15.5. The van der Waals surface area contributed by atoms with Crippen LogP contribution in [0.1, 0.15) is 58.6 Å². The molecule has 7 heteroatoms. The van der Waals surface area contributed by atoms with Crippen LogP contribution in [0.15, 0.2) is 29.2 Å². The molecule has 0 amide bonds. The predicted octanol–water partition coefficient (Wildman–Crippen LogP) is 3.49. The lowest BCUT2D eigenvalue weighted by Crippen LogP contribution is -2.19. The van der Waals surface area contributed by atoms with E-state index in [2.05, 4.69) is 6.07 Å². The van der Waals surface area contributed by atoms with E-state index in [-0.39, 0.29) is 17.6 Å². The van der Waals surface area contributed by atoms with Crippen LogP contribution in [0.4, 0.5) is 0 Å². The van der Waals surface area contributed by atoms with Crippen LogP contribution < -0.4 is 11.2 Å². The van der Waals surface area contributed by atoms with Gasteiger partial charge in [0.2, 0.25) is 5.43 Å². The van der Waals surface area contributed by atoms with E-state index in [9.17, 15) is 14.7 Å². The van der Waals surface area contributed by atoms with Gasteiger partial charge in [0, 0.05) is 23.2 Å². The SMILES string of the molecule is NC1CCCc2cc(-c3ccc4c(=O)c(C(=O)O)cn(C5CC5)c4n3)sc21. The molecular formula is C20H19N3O3S. The van der Waals surface area contributed by atoms with E-state index in [1.807, 2.05) is 10.6 Å². The Bertz CT molecular complexity index is 1140. The molecule has 3 heterocycles. The van der Waals surface area contributed by atoms with Crippen molar-refractivity contribution in [2.24, 2.45) is 5.73 Å². The predicted molar refractivity (Wildman–Crippen MR) is 104 cm³/mol. The number of hydrogen-bond donors (Lipinski definition) is 2. The summed E-state index contributed by atoms with van der Waals surface area (Å²) in [6.07, 6.45) is 6.57. The molecule has 2 aliphatic carbocycles. The van der Waals surface area contributed by atoms with E-state index in [0.29, 0.717) is 11.0 Å². The van der Waals surface area contributed by atoms with E-state index in [0.717, 1.165) is 42.7 Å².